The lowest BCUT2D eigenvalue weighted by atomic mass is 9.99. The van der Waals surface area contributed by atoms with Gasteiger partial charge in [-0.2, -0.15) is 0 Å². The van der Waals surface area contributed by atoms with E-state index in [1.54, 1.807) is 0 Å². The third-order valence-corrected chi connectivity index (χ3v) is 4.39. The largest absolute Gasteiger partial charge is 0.479 e. The Bertz CT molecular complexity index is 958. The second-order valence-electron chi connectivity index (χ2n) is 6.26. The molecule has 0 aliphatic carbocycles. The summed E-state index contributed by atoms with van der Waals surface area (Å²) in [5.74, 6) is -2.20. The number of alkyl halides is 2. The number of hydrogen-bond donors (Lipinski definition) is 4. The van der Waals surface area contributed by atoms with Gasteiger partial charge < -0.3 is 34.3 Å². The van der Waals surface area contributed by atoms with E-state index >= 15 is 0 Å². The lowest BCUT2D eigenvalue weighted by molar-refractivity contribution is -0.271. The van der Waals surface area contributed by atoms with Crippen LogP contribution in [0.5, 0.6) is 5.75 Å². The maximum Gasteiger partial charge on any atom is 0.336 e. The van der Waals surface area contributed by atoms with Crippen LogP contribution in [0, 0.1) is 6.92 Å². The smallest absolute Gasteiger partial charge is 0.336 e. The van der Waals surface area contributed by atoms with Gasteiger partial charge >= 0.3 is 11.6 Å². The van der Waals surface area contributed by atoms with E-state index in [9.17, 15) is 33.7 Å². The first kappa shape index (κ1) is 20.1. The van der Waals surface area contributed by atoms with Crippen molar-refractivity contribution in [3.05, 3.63) is 39.7 Å². The quantitative estimate of drug-likeness (QED) is 0.531. The molecule has 5 unspecified atom stereocenters. The molecule has 1 aliphatic rings. The van der Waals surface area contributed by atoms with Gasteiger partial charge in [-0.3, -0.25) is 0 Å². The topological polar surface area (TPSA) is 147 Å². The van der Waals surface area contributed by atoms with Crippen LogP contribution in [0.3, 0.4) is 0 Å². The van der Waals surface area contributed by atoms with Gasteiger partial charge in [0, 0.05) is 11.5 Å². The average molecular weight is 402 g/mol. The van der Waals surface area contributed by atoms with Crippen molar-refractivity contribution in [3.63, 3.8) is 0 Å². The van der Waals surface area contributed by atoms with Crippen LogP contribution < -0.4 is 10.4 Å². The van der Waals surface area contributed by atoms with Crippen LogP contribution in [0.25, 0.3) is 11.0 Å². The summed E-state index contributed by atoms with van der Waals surface area (Å²) < 4.78 is 42.4. The van der Waals surface area contributed by atoms with Crippen molar-refractivity contribution >= 4 is 16.9 Å². The summed E-state index contributed by atoms with van der Waals surface area (Å²) in [4.78, 5) is 22.7. The highest BCUT2D eigenvalue weighted by Gasteiger charge is 2.48. The number of carboxylic acids is 1. The summed E-state index contributed by atoms with van der Waals surface area (Å²) in [6, 6.07) is 3.57. The number of carbonyl (C=O) groups is 1. The minimum Gasteiger partial charge on any atom is -0.479 e. The first-order chi connectivity index (χ1) is 13.1. The third-order valence-electron chi connectivity index (χ3n) is 4.39. The van der Waals surface area contributed by atoms with Crippen molar-refractivity contribution in [2.75, 3.05) is 0 Å². The lowest BCUT2D eigenvalue weighted by Crippen LogP contribution is -2.61. The normalized spacial score (nSPS) is 27.9. The lowest BCUT2D eigenvalue weighted by Gasteiger charge is -2.38. The van der Waals surface area contributed by atoms with Crippen LogP contribution in [-0.2, 0) is 9.53 Å². The van der Waals surface area contributed by atoms with Crippen molar-refractivity contribution in [3.8, 4) is 5.75 Å². The number of aliphatic carboxylic acids is 1. The molecule has 2 heterocycles. The average Bonchev–Trinajstić information content (AvgIpc) is 2.60. The Labute approximate surface area is 155 Å². The Morgan fingerprint density at radius 3 is 2.46 bits per heavy atom. The molecule has 2 aromatic rings. The summed E-state index contributed by atoms with van der Waals surface area (Å²) in [5, 5.41) is 38.7. The molecule has 1 aliphatic heterocycles. The third kappa shape index (κ3) is 3.44. The predicted molar refractivity (Wildman–Crippen MR) is 87.1 cm³/mol. The number of halogens is 2. The summed E-state index contributed by atoms with van der Waals surface area (Å²) in [7, 11) is 0. The number of hydrogen-bond acceptors (Lipinski definition) is 8. The number of carboxylic acid groups (broad SMARTS) is 1. The molecular weight excluding hydrogens is 386 g/mol. The summed E-state index contributed by atoms with van der Waals surface area (Å²) in [6.07, 6.45) is -12.9. The Kier molecular flexibility index (Phi) is 5.35. The van der Waals surface area contributed by atoms with E-state index in [1.807, 2.05) is 0 Å². The van der Waals surface area contributed by atoms with Crippen LogP contribution in [-0.4, -0.2) is 57.1 Å². The second kappa shape index (κ2) is 7.43. The molecular formula is C17H16F2O9. The molecule has 11 heteroatoms. The number of benzene rings is 1. The van der Waals surface area contributed by atoms with E-state index in [4.69, 9.17) is 19.0 Å². The molecule has 0 amide bonds. The maximum absolute atomic E-state index is 13.7. The molecule has 0 saturated carbocycles. The Morgan fingerprint density at radius 1 is 1.18 bits per heavy atom. The highest BCUT2D eigenvalue weighted by Crippen LogP contribution is 2.37. The molecule has 1 saturated heterocycles. The van der Waals surface area contributed by atoms with Gasteiger partial charge in [0.05, 0.1) is 0 Å². The van der Waals surface area contributed by atoms with Crippen molar-refractivity contribution in [2.24, 2.45) is 0 Å². The zero-order valence-electron chi connectivity index (χ0n) is 14.3. The van der Waals surface area contributed by atoms with Gasteiger partial charge in [0.15, 0.2) is 11.7 Å². The number of ether oxygens (including phenoxy) is 2. The molecule has 5 atom stereocenters. The van der Waals surface area contributed by atoms with E-state index in [-0.39, 0.29) is 5.39 Å². The fourth-order valence-electron chi connectivity index (χ4n) is 2.97. The highest BCUT2D eigenvalue weighted by molar-refractivity contribution is 5.85. The van der Waals surface area contributed by atoms with Crippen LogP contribution in [0.1, 0.15) is 17.6 Å². The SMILES string of the molecule is Cc1cc(=O)oc2c(C(F)F)c(OC3OC(C(=O)O)C(O)C(O)C3O)ccc12. The van der Waals surface area contributed by atoms with Crippen LogP contribution in [0.2, 0.25) is 0 Å². The number of aliphatic hydroxyl groups excluding tert-OH is 3. The van der Waals surface area contributed by atoms with Gasteiger partial charge in [0.2, 0.25) is 6.29 Å². The van der Waals surface area contributed by atoms with Crippen molar-refractivity contribution in [1.82, 2.24) is 0 Å². The van der Waals surface area contributed by atoms with Gasteiger partial charge in [0.25, 0.3) is 6.43 Å². The van der Waals surface area contributed by atoms with Crippen molar-refractivity contribution in [2.45, 2.75) is 44.1 Å². The van der Waals surface area contributed by atoms with Gasteiger partial charge in [-0.1, -0.05) is 0 Å². The molecule has 3 rings (SSSR count). The minimum atomic E-state index is -3.16. The monoisotopic (exact) mass is 402 g/mol. The standard InChI is InChI=1S/C17H16F2O9/c1-5-4-8(20)27-13-6(5)2-3-7(9(13)15(18)19)26-17-12(23)10(21)11(22)14(28-17)16(24)25/h2-4,10-12,14-15,17,21-23H,1H3,(H,24,25). The van der Waals surface area contributed by atoms with E-state index in [1.165, 1.54) is 13.0 Å². The molecule has 9 nitrogen and oxygen atoms in total. The Morgan fingerprint density at radius 2 is 1.86 bits per heavy atom. The first-order valence-corrected chi connectivity index (χ1v) is 8.06. The molecule has 28 heavy (non-hydrogen) atoms. The number of rotatable bonds is 4. The molecule has 152 valence electrons. The summed E-state index contributed by atoms with van der Waals surface area (Å²) >= 11 is 0. The first-order valence-electron chi connectivity index (χ1n) is 8.06. The fraction of sp³-hybridized carbons (Fsp3) is 0.412. The molecule has 1 aromatic heterocycles. The fourth-order valence-corrected chi connectivity index (χ4v) is 2.97. The Hall–Kier alpha value is -2.60. The molecule has 1 aromatic carbocycles. The molecule has 0 bridgehead atoms. The summed E-state index contributed by atoms with van der Waals surface area (Å²) in [6.45, 7) is 1.53. The van der Waals surface area contributed by atoms with E-state index in [0.717, 1.165) is 12.1 Å². The predicted octanol–water partition coefficient (Wildman–Crippen LogP) is 0.310. The van der Waals surface area contributed by atoms with Gasteiger partial charge in [-0.25, -0.2) is 18.4 Å². The van der Waals surface area contributed by atoms with Gasteiger partial charge in [-0.05, 0) is 24.6 Å². The number of fused-ring (bicyclic) bond motifs is 1. The van der Waals surface area contributed by atoms with Crippen molar-refractivity contribution < 1.29 is 47.9 Å². The van der Waals surface area contributed by atoms with Gasteiger partial charge in [-0.15, -0.1) is 0 Å². The minimum absolute atomic E-state index is 0.228. The van der Waals surface area contributed by atoms with Crippen LogP contribution >= 0.6 is 0 Å². The van der Waals surface area contributed by atoms with E-state index in [0.29, 0.717) is 5.56 Å². The second-order valence-corrected chi connectivity index (χ2v) is 6.26. The summed E-state index contributed by atoms with van der Waals surface area (Å²) in [5.41, 5.74) is -1.71. The zero-order valence-corrected chi connectivity index (χ0v) is 14.3. The van der Waals surface area contributed by atoms with Crippen molar-refractivity contribution in [1.29, 1.82) is 0 Å². The highest BCUT2D eigenvalue weighted by atomic mass is 19.3. The molecule has 0 spiro atoms. The maximum atomic E-state index is 13.7. The van der Waals surface area contributed by atoms with E-state index in [2.05, 4.69) is 0 Å². The molecule has 1 fully saturated rings. The van der Waals surface area contributed by atoms with E-state index < -0.39 is 65.6 Å². The van der Waals surface area contributed by atoms with Crippen LogP contribution in [0.15, 0.2) is 27.4 Å². The number of aryl methyl sites for hydroxylation is 1. The zero-order chi connectivity index (χ0) is 20.7. The molecule has 0 radical (unpaired) electrons. The Balaban J connectivity index is 2.05. The number of aliphatic hydroxyl groups is 3. The van der Waals surface area contributed by atoms with Crippen LogP contribution in [0.4, 0.5) is 8.78 Å². The van der Waals surface area contributed by atoms with Gasteiger partial charge in [0.1, 0.15) is 29.6 Å². The molecule has 4 N–H and O–H groups in total.